The molecular weight excluding hydrogens is 334 g/mol. The summed E-state index contributed by atoms with van der Waals surface area (Å²) in [5.41, 5.74) is 5.18. The molecule has 0 fully saturated rings. The van der Waals surface area contributed by atoms with Crippen LogP contribution in [0, 0.1) is 0 Å². The summed E-state index contributed by atoms with van der Waals surface area (Å²) in [6.07, 6.45) is 1.58. The van der Waals surface area contributed by atoms with Gasteiger partial charge in [0, 0.05) is 31.2 Å². The Labute approximate surface area is 160 Å². The molecule has 0 bridgehead atoms. The highest BCUT2D eigenvalue weighted by molar-refractivity contribution is 5.91. The largest absolute Gasteiger partial charge is 0.345 e. The summed E-state index contributed by atoms with van der Waals surface area (Å²) in [4.78, 5) is 16.7. The Kier molecular flexibility index (Phi) is 5.87. The zero-order valence-electron chi connectivity index (χ0n) is 15.9. The van der Waals surface area contributed by atoms with E-state index in [2.05, 4.69) is 52.9 Å². The minimum absolute atomic E-state index is 0.146. The molecule has 1 amide bonds. The van der Waals surface area contributed by atoms with Crippen molar-refractivity contribution in [2.24, 2.45) is 7.05 Å². The highest BCUT2D eigenvalue weighted by Gasteiger charge is 2.16. The van der Waals surface area contributed by atoms with Gasteiger partial charge in [0.2, 0.25) is 5.91 Å². The number of rotatable bonds is 7. The van der Waals surface area contributed by atoms with Gasteiger partial charge in [-0.3, -0.25) is 4.79 Å². The first-order chi connectivity index (χ1) is 13.0. The van der Waals surface area contributed by atoms with Crippen LogP contribution in [0.4, 0.5) is 0 Å². The molecule has 0 aliphatic carbocycles. The van der Waals surface area contributed by atoms with Gasteiger partial charge in [-0.15, -0.1) is 0 Å². The van der Waals surface area contributed by atoms with Crippen molar-refractivity contribution in [3.8, 4) is 0 Å². The van der Waals surface area contributed by atoms with Gasteiger partial charge >= 0.3 is 0 Å². The van der Waals surface area contributed by atoms with Crippen LogP contribution < -0.4 is 5.32 Å². The van der Waals surface area contributed by atoms with Gasteiger partial charge in [-0.2, -0.15) is 0 Å². The van der Waals surface area contributed by atoms with E-state index in [1.807, 2.05) is 31.3 Å². The molecule has 0 unspecified atom stereocenters. The van der Waals surface area contributed by atoms with Crippen molar-refractivity contribution in [3.63, 3.8) is 0 Å². The number of nitrogens with zero attached hydrogens (tertiary/aromatic N) is 2. The number of carbonyl (C=O) groups excluding carboxylic acids is 1. The Hall–Kier alpha value is -3.14. The number of imidazole rings is 1. The van der Waals surface area contributed by atoms with E-state index in [4.69, 9.17) is 4.98 Å². The van der Waals surface area contributed by atoms with Gasteiger partial charge in [-0.25, -0.2) is 4.98 Å². The van der Waals surface area contributed by atoms with E-state index in [9.17, 15) is 4.79 Å². The number of nitrogens with one attached hydrogen (secondary N) is 1. The molecule has 0 saturated heterocycles. The molecule has 0 spiro atoms. The van der Waals surface area contributed by atoms with Crippen LogP contribution in [-0.4, -0.2) is 15.5 Å². The van der Waals surface area contributed by atoms with Gasteiger partial charge in [0.25, 0.3) is 0 Å². The monoisotopic (exact) mass is 359 g/mol. The van der Waals surface area contributed by atoms with Crippen molar-refractivity contribution in [2.75, 3.05) is 0 Å². The zero-order valence-corrected chi connectivity index (χ0v) is 15.9. The molecule has 3 aromatic rings. The average molecular weight is 359 g/mol. The third kappa shape index (κ3) is 4.73. The quantitative estimate of drug-likeness (QED) is 0.653. The van der Waals surface area contributed by atoms with Crippen molar-refractivity contribution in [3.05, 3.63) is 101 Å². The van der Waals surface area contributed by atoms with Gasteiger partial charge in [0.1, 0.15) is 5.82 Å². The molecule has 0 aliphatic heterocycles. The van der Waals surface area contributed by atoms with E-state index < -0.39 is 0 Å². The molecule has 0 atom stereocenters. The summed E-state index contributed by atoms with van der Waals surface area (Å²) in [7, 11) is 2.02. The van der Waals surface area contributed by atoms with Crippen molar-refractivity contribution < 1.29 is 4.79 Å². The number of hydrogen-bond donors (Lipinski definition) is 1. The topological polar surface area (TPSA) is 46.9 Å². The van der Waals surface area contributed by atoms with E-state index in [1.54, 1.807) is 6.92 Å². The Morgan fingerprint density at radius 1 is 1.00 bits per heavy atom. The molecule has 138 valence electrons. The van der Waals surface area contributed by atoms with Gasteiger partial charge < -0.3 is 9.88 Å². The van der Waals surface area contributed by atoms with E-state index in [0.717, 1.165) is 24.4 Å². The molecule has 27 heavy (non-hydrogen) atoms. The van der Waals surface area contributed by atoms with Gasteiger partial charge in [0.05, 0.1) is 12.2 Å². The van der Waals surface area contributed by atoms with Gasteiger partial charge in [-0.1, -0.05) is 67.2 Å². The molecule has 1 N–H and O–H groups in total. The Balaban J connectivity index is 1.90. The SMILES string of the molecule is C=C(C)C(=O)NCc1nc(Cc2ccccc2)c(Cc2ccccc2)n1C. The fourth-order valence-electron chi connectivity index (χ4n) is 3.05. The molecule has 3 rings (SSSR count). The number of carbonyl (C=O) groups is 1. The smallest absolute Gasteiger partial charge is 0.246 e. The lowest BCUT2D eigenvalue weighted by Gasteiger charge is -2.09. The second-order valence-electron chi connectivity index (χ2n) is 6.77. The average Bonchev–Trinajstić information content (AvgIpc) is 2.96. The fourth-order valence-corrected chi connectivity index (χ4v) is 3.05. The maximum absolute atomic E-state index is 11.9. The standard InChI is InChI=1S/C23H25N3O/c1-17(2)23(27)24-16-22-25-20(14-18-10-6-4-7-11-18)21(26(22)3)15-19-12-8-5-9-13-19/h4-13H,1,14-16H2,2-3H3,(H,24,27). The van der Waals surface area contributed by atoms with Gasteiger partial charge in [-0.05, 0) is 18.1 Å². The minimum atomic E-state index is -0.146. The lowest BCUT2D eigenvalue weighted by atomic mass is 10.0. The molecule has 0 saturated carbocycles. The molecule has 4 nitrogen and oxygen atoms in total. The summed E-state index contributed by atoms with van der Waals surface area (Å²) < 4.78 is 2.10. The van der Waals surface area contributed by atoms with Crippen molar-refractivity contribution >= 4 is 5.91 Å². The molecular formula is C23H25N3O. The number of benzene rings is 2. The van der Waals surface area contributed by atoms with Crippen LogP contribution >= 0.6 is 0 Å². The van der Waals surface area contributed by atoms with Crippen LogP contribution in [0.15, 0.2) is 72.8 Å². The molecule has 0 aliphatic rings. The lowest BCUT2D eigenvalue weighted by molar-refractivity contribution is -0.117. The molecule has 0 radical (unpaired) electrons. The van der Waals surface area contributed by atoms with E-state index in [0.29, 0.717) is 12.1 Å². The molecule has 1 heterocycles. The Morgan fingerprint density at radius 3 is 2.11 bits per heavy atom. The van der Waals surface area contributed by atoms with Crippen molar-refractivity contribution in [1.82, 2.24) is 14.9 Å². The Bertz CT molecular complexity index is 927. The number of aromatic nitrogens is 2. The Morgan fingerprint density at radius 2 is 1.56 bits per heavy atom. The number of hydrogen-bond acceptors (Lipinski definition) is 2. The van der Waals surface area contributed by atoms with Gasteiger partial charge in [0.15, 0.2) is 0 Å². The molecule has 4 heteroatoms. The van der Waals surface area contributed by atoms with E-state index in [1.165, 1.54) is 16.8 Å². The lowest BCUT2D eigenvalue weighted by Crippen LogP contribution is -2.24. The van der Waals surface area contributed by atoms with Crippen LogP contribution in [0.3, 0.4) is 0 Å². The normalized spacial score (nSPS) is 10.6. The summed E-state index contributed by atoms with van der Waals surface area (Å²) >= 11 is 0. The predicted octanol–water partition coefficient (Wildman–Crippen LogP) is 3.79. The first kappa shape index (κ1) is 18.6. The summed E-state index contributed by atoms with van der Waals surface area (Å²) in [6, 6.07) is 20.7. The molecule has 1 aromatic heterocycles. The number of amides is 1. The predicted molar refractivity (Wildman–Crippen MR) is 108 cm³/mol. The van der Waals surface area contributed by atoms with Crippen LogP contribution in [-0.2, 0) is 31.2 Å². The van der Waals surface area contributed by atoms with Crippen molar-refractivity contribution in [2.45, 2.75) is 26.3 Å². The third-order valence-electron chi connectivity index (χ3n) is 4.61. The third-order valence-corrected chi connectivity index (χ3v) is 4.61. The van der Waals surface area contributed by atoms with E-state index >= 15 is 0 Å². The summed E-state index contributed by atoms with van der Waals surface area (Å²) in [5.74, 6) is 0.702. The maximum Gasteiger partial charge on any atom is 0.246 e. The zero-order chi connectivity index (χ0) is 19.2. The summed E-state index contributed by atoms with van der Waals surface area (Å²) in [6.45, 7) is 5.78. The summed E-state index contributed by atoms with van der Waals surface area (Å²) in [5, 5.41) is 2.89. The van der Waals surface area contributed by atoms with Crippen LogP contribution in [0.2, 0.25) is 0 Å². The van der Waals surface area contributed by atoms with E-state index in [-0.39, 0.29) is 5.91 Å². The second kappa shape index (κ2) is 8.49. The van der Waals surface area contributed by atoms with Crippen molar-refractivity contribution in [1.29, 1.82) is 0 Å². The van der Waals surface area contributed by atoms with Crippen LogP contribution in [0.25, 0.3) is 0 Å². The first-order valence-corrected chi connectivity index (χ1v) is 9.09. The van der Waals surface area contributed by atoms with Crippen LogP contribution in [0.1, 0.15) is 35.3 Å². The first-order valence-electron chi connectivity index (χ1n) is 9.09. The highest BCUT2D eigenvalue weighted by Crippen LogP contribution is 2.19. The molecule has 2 aromatic carbocycles. The van der Waals surface area contributed by atoms with Crippen LogP contribution in [0.5, 0.6) is 0 Å². The fraction of sp³-hybridized carbons (Fsp3) is 0.217. The highest BCUT2D eigenvalue weighted by atomic mass is 16.1. The minimum Gasteiger partial charge on any atom is -0.345 e. The maximum atomic E-state index is 11.9. The second-order valence-corrected chi connectivity index (χ2v) is 6.77.